The van der Waals surface area contributed by atoms with Crippen LogP contribution in [0.25, 0.3) is 0 Å². The molecule has 0 saturated heterocycles. The van der Waals surface area contributed by atoms with Crippen molar-refractivity contribution in [2.24, 2.45) is 5.73 Å². The van der Waals surface area contributed by atoms with E-state index in [1.165, 1.54) is 0 Å². The summed E-state index contributed by atoms with van der Waals surface area (Å²) in [6, 6.07) is 0.436. The van der Waals surface area contributed by atoms with Crippen LogP contribution in [0.5, 0.6) is 0 Å². The molecule has 1 aliphatic carbocycles. The first kappa shape index (κ1) is 13.4. The number of thioether (sulfide) groups is 1. The van der Waals surface area contributed by atoms with E-state index in [1.807, 2.05) is 11.5 Å². The largest absolute Gasteiger partial charge is 0.353 e. The van der Waals surface area contributed by atoms with Crippen LogP contribution in [0.1, 0.15) is 25.1 Å². The SMILES string of the molecule is Cc1nnc(SCCC(=O)NC2CC2)n1CCN. The fraction of sp³-hybridized carbons (Fsp3) is 0.727. The monoisotopic (exact) mass is 269 g/mol. The van der Waals surface area contributed by atoms with E-state index >= 15 is 0 Å². The Labute approximate surface area is 111 Å². The minimum absolute atomic E-state index is 0.131. The van der Waals surface area contributed by atoms with Crippen LogP contribution in [0.15, 0.2) is 5.16 Å². The number of carbonyl (C=O) groups is 1. The summed E-state index contributed by atoms with van der Waals surface area (Å²) < 4.78 is 1.99. The average molecular weight is 269 g/mol. The molecule has 1 fully saturated rings. The molecule has 0 radical (unpaired) electrons. The van der Waals surface area contributed by atoms with E-state index in [1.54, 1.807) is 11.8 Å². The summed E-state index contributed by atoms with van der Waals surface area (Å²) in [6.45, 7) is 3.19. The molecule has 18 heavy (non-hydrogen) atoms. The first-order chi connectivity index (χ1) is 8.70. The summed E-state index contributed by atoms with van der Waals surface area (Å²) in [5.74, 6) is 1.72. The zero-order chi connectivity index (χ0) is 13.0. The second-order valence-corrected chi connectivity index (χ2v) is 5.47. The summed E-state index contributed by atoms with van der Waals surface area (Å²) in [5, 5.41) is 11.9. The number of amides is 1. The number of aryl methyl sites for hydroxylation is 1. The highest BCUT2D eigenvalue weighted by molar-refractivity contribution is 7.99. The van der Waals surface area contributed by atoms with Crippen LogP contribution < -0.4 is 11.1 Å². The maximum absolute atomic E-state index is 11.5. The molecule has 0 atom stereocenters. The van der Waals surface area contributed by atoms with Gasteiger partial charge in [0.2, 0.25) is 5.91 Å². The minimum atomic E-state index is 0.131. The summed E-state index contributed by atoms with van der Waals surface area (Å²) in [5.41, 5.74) is 5.55. The predicted octanol–water partition coefficient (Wildman–Crippen LogP) is 0.306. The molecule has 1 aromatic rings. The number of hydrogen-bond acceptors (Lipinski definition) is 5. The van der Waals surface area contributed by atoms with Gasteiger partial charge in [0.1, 0.15) is 5.82 Å². The fourth-order valence-electron chi connectivity index (χ4n) is 1.62. The number of nitrogens with two attached hydrogens (primary N) is 1. The normalized spacial score (nSPS) is 14.8. The number of carbonyl (C=O) groups excluding carboxylic acids is 1. The maximum atomic E-state index is 11.5. The molecule has 6 nitrogen and oxygen atoms in total. The van der Waals surface area contributed by atoms with Gasteiger partial charge in [0.05, 0.1) is 0 Å². The molecule has 0 aromatic carbocycles. The molecule has 1 aliphatic rings. The highest BCUT2D eigenvalue weighted by atomic mass is 32.2. The van der Waals surface area contributed by atoms with Crippen molar-refractivity contribution >= 4 is 17.7 Å². The molecule has 1 aromatic heterocycles. The Balaban J connectivity index is 1.76. The van der Waals surface area contributed by atoms with E-state index < -0.39 is 0 Å². The Morgan fingerprint density at radius 1 is 1.56 bits per heavy atom. The first-order valence-corrected chi connectivity index (χ1v) is 7.21. The lowest BCUT2D eigenvalue weighted by molar-refractivity contribution is -0.120. The van der Waals surface area contributed by atoms with E-state index in [2.05, 4.69) is 15.5 Å². The molecule has 1 amide bonds. The van der Waals surface area contributed by atoms with Crippen molar-refractivity contribution in [3.63, 3.8) is 0 Å². The molecule has 0 aliphatic heterocycles. The first-order valence-electron chi connectivity index (χ1n) is 6.22. The molecule has 1 saturated carbocycles. The molecule has 0 unspecified atom stereocenters. The van der Waals surface area contributed by atoms with E-state index in [0.29, 0.717) is 19.0 Å². The van der Waals surface area contributed by atoms with Crippen molar-refractivity contribution in [2.45, 2.75) is 43.9 Å². The van der Waals surface area contributed by atoms with Gasteiger partial charge in [0.15, 0.2) is 5.16 Å². The van der Waals surface area contributed by atoms with Gasteiger partial charge in [0.25, 0.3) is 0 Å². The summed E-state index contributed by atoms with van der Waals surface area (Å²) in [6.07, 6.45) is 2.78. The molecule has 0 bridgehead atoms. The summed E-state index contributed by atoms with van der Waals surface area (Å²) in [7, 11) is 0. The second-order valence-electron chi connectivity index (χ2n) is 4.41. The Bertz CT molecular complexity index is 416. The molecular formula is C11H19N5OS. The number of rotatable bonds is 7. The number of nitrogens with zero attached hydrogens (tertiary/aromatic N) is 3. The van der Waals surface area contributed by atoms with Crippen LogP contribution in [0.4, 0.5) is 0 Å². The lowest BCUT2D eigenvalue weighted by Gasteiger charge is -2.06. The molecule has 0 spiro atoms. The maximum Gasteiger partial charge on any atom is 0.221 e. The Kier molecular flexibility index (Phi) is 4.60. The van der Waals surface area contributed by atoms with E-state index in [0.717, 1.165) is 36.1 Å². The van der Waals surface area contributed by atoms with Crippen LogP contribution in [-0.2, 0) is 11.3 Å². The molecule has 3 N–H and O–H groups in total. The van der Waals surface area contributed by atoms with Crippen molar-refractivity contribution in [3.8, 4) is 0 Å². The van der Waals surface area contributed by atoms with Crippen molar-refractivity contribution in [1.82, 2.24) is 20.1 Å². The van der Waals surface area contributed by atoms with Gasteiger partial charge < -0.3 is 15.6 Å². The minimum Gasteiger partial charge on any atom is -0.353 e. The molecule has 1 heterocycles. The number of aromatic nitrogens is 3. The highest BCUT2D eigenvalue weighted by Gasteiger charge is 2.22. The van der Waals surface area contributed by atoms with Gasteiger partial charge in [0, 0.05) is 31.3 Å². The summed E-state index contributed by atoms with van der Waals surface area (Å²) in [4.78, 5) is 11.5. The number of hydrogen-bond donors (Lipinski definition) is 2. The van der Waals surface area contributed by atoms with E-state index in [4.69, 9.17) is 5.73 Å². The van der Waals surface area contributed by atoms with Crippen LogP contribution in [0.3, 0.4) is 0 Å². The Hall–Kier alpha value is -1.08. The average Bonchev–Trinajstić information content (AvgIpc) is 3.08. The highest BCUT2D eigenvalue weighted by Crippen LogP contribution is 2.20. The smallest absolute Gasteiger partial charge is 0.221 e. The van der Waals surface area contributed by atoms with Gasteiger partial charge in [-0.2, -0.15) is 0 Å². The summed E-state index contributed by atoms with van der Waals surface area (Å²) >= 11 is 1.56. The number of nitrogens with one attached hydrogen (secondary N) is 1. The van der Waals surface area contributed by atoms with Gasteiger partial charge in [-0.25, -0.2) is 0 Å². The zero-order valence-electron chi connectivity index (χ0n) is 10.6. The quantitative estimate of drug-likeness (QED) is 0.696. The third-order valence-electron chi connectivity index (χ3n) is 2.76. The molecule has 100 valence electrons. The topological polar surface area (TPSA) is 85.8 Å². The third-order valence-corrected chi connectivity index (χ3v) is 3.73. The Morgan fingerprint density at radius 2 is 2.33 bits per heavy atom. The lowest BCUT2D eigenvalue weighted by atomic mass is 10.4. The molecule has 2 rings (SSSR count). The van der Waals surface area contributed by atoms with Crippen molar-refractivity contribution in [2.75, 3.05) is 12.3 Å². The van der Waals surface area contributed by atoms with Crippen LogP contribution >= 0.6 is 11.8 Å². The van der Waals surface area contributed by atoms with E-state index in [9.17, 15) is 4.79 Å². The molecular weight excluding hydrogens is 250 g/mol. The van der Waals surface area contributed by atoms with Gasteiger partial charge in [-0.05, 0) is 19.8 Å². The third kappa shape index (κ3) is 3.71. The van der Waals surface area contributed by atoms with Crippen molar-refractivity contribution < 1.29 is 4.79 Å². The molecule has 7 heteroatoms. The van der Waals surface area contributed by atoms with Crippen LogP contribution in [-0.4, -0.2) is 39.0 Å². The van der Waals surface area contributed by atoms with Gasteiger partial charge in [-0.3, -0.25) is 4.79 Å². The van der Waals surface area contributed by atoms with E-state index in [-0.39, 0.29) is 5.91 Å². The van der Waals surface area contributed by atoms with Crippen LogP contribution in [0, 0.1) is 6.92 Å². The predicted molar refractivity (Wildman–Crippen MR) is 70.3 cm³/mol. The van der Waals surface area contributed by atoms with Gasteiger partial charge in [-0.15, -0.1) is 10.2 Å². The zero-order valence-corrected chi connectivity index (χ0v) is 11.4. The van der Waals surface area contributed by atoms with Crippen molar-refractivity contribution in [1.29, 1.82) is 0 Å². The van der Waals surface area contributed by atoms with Crippen molar-refractivity contribution in [3.05, 3.63) is 5.82 Å². The van der Waals surface area contributed by atoms with Gasteiger partial charge in [-0.1, -0.05) is 11.8 Å². The standard InChI is InChI=1S/C11H19N5OS/c1-8-14-15-11(16(8)6-5-12)18-7-4-10(17)13-9-2-3-9/h9H,2-7,12H2,1H3,(H,13,17). The second kappa shape index (κ2) is 6.19. The van der Waals surface area contributed by atoms with Crippen LogP contribution in [0.2, 0.25) is 0 Å². The lowest BCUT2D eigenvalue weighted by Crippen LogP contribution is -2.25. The Morgan fingerprint density at radius 3 is 3.00 bits per heavy atom. The van der Waals surface area contributed by atoms with Gasteiger partial charge >= 0.3 is 0 Å². The fourth-order valence-corrected chi connectivity index (χ4v) is 2.57.